The second-order valence-corrected chi connectivity index (χ2v) is 14.5. The fourth-order valence-electron chi connectivity index (χ4n) is 3.99. The number of thioether (sulfide) groups is 1. The molecule has 1 aromatic heterocycles. The highest BCUT2D eigenvalue weighted by Crippen LogP contribution is 2.44. The molecule has 3 amide bonds. The summed E-state index contributed by atoms with van der Waals surface area (Å²) in [5.74, 6) is -2.95. The Bertz CT molecular complexity index is 1390. The van der Waals surface area contributed by atoms with Crippen LogP contribution in [0.25, 0.3) is 0 Å². The van der Waals surface area contributed by atoms with Crippen molar-refractivity contribution in [2.45, 2.75) is 89.2 Å². The van der Waals surface area contributed by atoms with Crippen LogP contribution >= 0.6 is 45.7 Å². The number of nitrogens with zero attached hydrogens (tertiary/aromatic N) is 3. The largest absolute Gasteiger partial charge is 0.539 e. The Labute approximate surface area is 284 Å². The zero-order chi connectivity index (χ0) is 33.7. The smallest absolute Gasteiger partial charge is 0.413 e. The molecule has 0 aromatic carbocycles. The van der Waals surface area contributed by atoms with E-state index in [2.05, 4.69) is 48.0 Å². The Morgan fingerprint density at radius 2 is 1.89 bits per heavy atom. The van der Waals surface area contributed by atoms with Crippen LogP contribution in [0.5, 0.6) is 0 Å². The fourth-order valence-corrected chi connectivity index (χ4v) is 7.45. The van der Waals surface area contributed by atoms with E-state index in [9.17, 15) is 24.0 Å². The molecule has 2 N–H and O–H groups in total. The lowest BCUT2D eigenvalue weighted by Crippen LogP contribution is -2.71. The average molecular weight is 775 g/mol. The van der Waals surface area contributed by atoms with E-state index in [-0.39, 0.29) is 34.1 Å². The second-order valence-electron chi connectivity index (χ2n) is 11.4. The van der Waals surface area contributed by atoms with Gasteiger partial charge in [0.15, 0.2) is 10.8 Å². The number of fused-ring (bicyclic) bond motifs is 1. The number of nitrogens with one attached hydrogen (secondary N) is 2. The minimum Gasteiger partial charge on any atom is -0.539 e. The van der Waals surface area contributed by atoms with Crippen molar-refractivity contribution in [1.82, 2.24) is 15.2 Å². The number of oxime groups is 1. The van der Waals surface area contributed by atoms with Gasteiger partial charge in [-0.1, -0.05) is 41.1 Å². The Hall–Kier alpha value is -2.87. The Balaban J connectivity index is 1.88. The summed E-state index contributed by atoms with van der Waals surface area (Å²) in [7, 11) is 5.14. The molecule has 0 saturated carbocycles. The molecule has 1 fully saturated rings. The first-order chi connectivity index (χ1) is 21.0. The van der Waals surface area contributed by atoms with Gasteiger partial charge in [-0.2, -0.15) is 0 Å². The maximum atomic E-state index is 13.7. The number of halogens is 1. The van der Waals surface area contributed by atoms with Crippen LogP contribution in [0.1, 0.15) is 67.0 Å². The molecule has 244 valence electrons. The van der Waals surface area contributed by atoms with Crippen LogP contribution in [0.2, 0.25) is 0 Å². The standard InChI is InChI=1S/C27H35BIN5O9S2/c1-8-9-10-40-23(38)27(6,7)43-33-16(15-12-44-24(30-15)32-25(39)41-26(3,4)5)19(35)31-17-20(36)34-18(22(37)42-28)14(11-29)13(2)45-21(17)34/h12-13,17,21H,8-11H2,1-7H3,(H,31,35)(H,30,32,39)/b33-16-/t13-,17+,21+/m0/s1. The lowest BCUT2D eigenvalue weighted by molar-refractivity contribution is -0.168. The Morgan fingerprint density at radius 3 is 2.49 bits per heavy atom. The fraction of sp³-hybridized carbons (Fsp3) is 0.593. The monoisotopic (exact) mass is 775 g/mol. The number of carbonyl (C=O) groups is 5. The molecular formula is C27H35BIN5O9S2. The molecule has 1 saturated heterocycles. The van der Waals surface area contributed by atoms with Crippen molar-refractivity contribution in [1.29, 1.82) is 0 Å². The van der Waals surface area contributed by atoms with Crippen molar-refractivity contribution in [3.8, 4) is 0 Å². The highest BCUT2D eigenvalue weighted by molar-refractivity contribution is 14.1. The summed E-state index contributed by atoms with van der Waals surface area (Å²) in [6.45, 7) is 12.0. The average Bonchev–Trinajstić information content (AvgIpc) is 3.41. The molecular weight excluding hydrogens is 740 g/mol. The summed E-state index contributed by atoms with van der Waals surface area (Å²) in [6.07, 6.45) is 0.724. The molecule has 3 atom stereocenters. The van der Waals surface area contributed by atoms with Crippen LogP contribution in [0.3, 0.4) is 0 Å². The number of amides is 3. The molecule has 0 bridgehead atoms. The highest BCUT2D eigenvalue weighted by atomic mass is 127. The summed E-state index contributed by atoms with van der Waals surface area (Å²) in [5.41, 5.74) is -1.98. The quantitative estimate of drug-likeness (QED) is 0.0466. The third-order valence-electron chi connectivity index (χ3n) is 6.31. The number of unbranched alkanes of at least 4 members (excludes halogenated alkanes) is 1. The predicted octanol–water partition coefficient (Wildman–Crippen LogP) is 3.44. The van der Waals surface area contributed by atoms with E-state index < -0.39 is 52.5 Å². The normalized spacial score (nSPS) is 20.1. The van der Waals surface area contributed by atoms with Crippen molar-refractivity contribution >= 4 is 94.4 Å². The molecule has 14 nitrogen and oxygen atoms in total. The van der Waals surface area contributed by atoms with Crippen molar-refractivity contribution in [3.63, 3.8) is 0 Å². The van der Waals surface area contributed by atoms with Crippen molar-refractivity contribution < 1.29 is 42.9 Å². The minimum absolute atomic E-state index is 0.00787. The van der Waals surface area contributed by atoms with E-state index in [0.717, 1.165) is 17.8 Å². The zero-order valence-corrected chi connectivity index (χ0v) is 29.7. The van der Waals surface area contributed by atoms with E-state index in [1.165, 1.54) is 35.9 Å². The molecule has 0 aliphatic carbocycles. The summed E-state index contributed by atoms with van der Waals surface area (Å²) in [5, 5.41) is 9.85. The minimum atomic E-state index is -1.58. The third kappa shape index (κ3) is 8.90. The number of thiazole rings is 1. The maximum Gasteiger partial charge on any atom is 0.413 e. The first kappa shape index (κ1) is 36.6. The van der Waals surface area contributed by atoms with Gasteiger partial charge in [-0.3, -0.25) is 19.8 Å². The molecule has 2 aliphatic heterocycles. The molecule has 2 radical (unpaired) electrons. The first-order valence-corrected chi connectivity index (χ1v) is 17.3. The van der Waals surface area contributed by atoms with E-state index in [1.54, 1.807) is 20.8 Å². The van der Waals surface area contributed by atoms with Crippen LogP contribution in [0, 0.1) is 0 Å². The van der Waals surface area contributed by atoms with Gasteiger partial charge in [-0.05, 0) is 53.5 Å². The van der Waals surface area contributed by atoms with Gasteiger partial charge in [-0.15, -0.1) is 23.1 Å². The molecule has 1 aromatic rings. The number of hydrogen-bond acceptors (Lipinski definition) is 13. The topological polar surface area (TPSA) is 175 Å². The van der Waals surface area contributed by atoms with E-state index in [0.29, 0.717) is 16.4 Å². The lowest BCUT2D eigenvalue weighted by atomic mass is 10.0. The molecule has 2 aliphatic rings. The number of rotatable bonds is 12. The molecule has 45 heavy (non-hydrogen) atoms. The summed E-state index contributed by atoms with van der Waals surface area (Å²) >= 11 is 4.46. The molecule has 0 unspecified atom stereocenters. The number of aromatic nitrogens is 1. The van der Waals surface area contributed by atoms with Crippen molar-refractivity contribution in [2.24, 2.45) is 5.16 Å². The van der Waals surface area contributed by atoms with Gasteiger partial charge in [0.2, 0.25) is 5.60 Å². The Morgan fingerprint density at radius 1 is 1.20 bits per heavy atom. The van der Waals surface area contributed by atoms with E-state index in [1.807, 2.05) is 13.8 Å². The second kappa shape index (κ2) is 15.1. The number of esters is 1. The highest BCUT2D eigenvalue weighted by Gasteiger charge is 2.56. The van der Waals surface area contributed by atoms with Crippen molar-refractivity contribution in [2.75, 3.05) is 16.4 Å². The van der Waals surface area contributed by atoms with Crippen LogP contribution in [0.4, 0.5) is 9.93 Å². The number of ether oxygens (including phenoxy) is 2. The SMILES string of the molecule is [B]OC(=O)C1=C(CI)[C@H](C)S[C@@H]2[C@H](NC(=O)/C(=N\OC(C)(C)C(=O)OCCCC)c3csc(NC(=O)OC(C)(C)C)n3)C(=O)N12. The molecule has 0 spiro atoms. The number of carbonyl (C=O) groups excluding carboxylic acids is 5. The van der Waals surface area contributed by atoms with Gasteiger partial charge in [0, 0.05) is 15.1 Å². The predicted molar refractivity (Wildman–Crippen MR) is 177 cm³/mol. The van der Waals surface area contributed by atoms with Crippen molar-refractivity contribution in [3.05, 3.63) is 22.3 Å². The van der Waals surface area contributed by atoms with E-state index >= 15 is 0 Å². The van der Waals surface area contributed by atoms with Crippen LogP contribution < -0.4 is 10.6 Å². The van der Waals surface area contributed by atoms with Crippen LogP contribution in [-0.4, -0.2) is 92.4 Å². The van der Waals surface area contributed by atoms with Gasteiger partial charge < -0.3 is 24.3 Å². The zero-order valence-electron chi connectivity index (χ0n) is 25.9. The maximum absolute atomic E-state index is 13.7. The molecule has 3 heterocycles. The van der Waals surface area contributed by atoms with Crippen LogP contribution in [-0.2, 0) is 38.1 Å². The van der Waals surface area contributed by atoms with Gasteiger partial charge >= 0.3 is 26.1 Å². The summed E-state index contributed by atoms with van der Waals surface area (Å²) < 4.78 is 15.4. The molecule has 18 heteroatoms. The summed E-state index contributed by atoms with van der Waals surface area (Å²) in [4.78, 5) is 75.4. The summed E-state index contributed by atoms with van der Waals surface area (Å²) in [6, 6.07) is -1.04. The number of β-lactam (4-membered cyclic amide) rings is 1. The van der Waals surface area contributed by atoms with Gasteiger partial charge in [0.25, 0.3) is 11.8 Å². The Kier molecular flexibility index (Phi) is 12.3. The van der Waals surface area contributed by atoms with E-state index in [4.69, 9.17) is 22.4 Å². The van der Waals surface area contributed by atoms with Gasteiger partial charge in [-0.25, -0.2) is 19.4 Å². The van der Waals surface area contributed by atoms with Crippen LogP contribution in [0.15, 0.2) is 21.8 Å². The van der Waals surface area contributed by atoms with Gasteiger partial charge in [0.05, 0.1) is 6.61 Å². The number of hydrogen-bond donors (Lipinski definition) is 2. The third-order valence-corrected chi connectivity index (χ3v) is 9.35. The number of alkyl halides is 1. The first-order valence-electron chi connectivity index (χ1n) is 13.9. The molecule has 3 rings (SSSR count). The van der Waals surface area contributed by atoms with Gasteiger partial charge in [0.1, 0.15) is 28.4 Å². The lowest BCUT2D eigenvalue weighted by Gasteiger charge is -2.51. The number of anilines is 1.